The summed E-state index contributed by atoms with van der Waals surface area (Å²) in [5.74, 6) is -0.611. The summed E-state index contributed by atoms with van der Waals surface area (Å²) in [5, 5.41) is 9.16. The van der Waals surface area contributed by atoms with Crippen LogP contribution in [-0.2, 0) is 14.8 Å². The lowest BCUT2D eigenvalue weighted by Gasteiger charge is -2.15. The second kappa shape index (κ2) is 8.70. The second-order valence-electron chi connectivity index (χ2n) is 4.81. The number of nitrogens with one attached hydrogen (secondary N) is 1. The van der Waals surface area contributed by atoms with Crippen LogP contribution in [0.2, 0.25) is 0 Å². The summed E-state index contributed by atoms with van der Waals surface area (Å²) >= 11 is 0. The van der Waals surface area contributed by atoms with Crippen LogP contribution < -0.4 is 19.9 Å². The van der Waals surface area contributed by atoms with Crippen molar-refractivity contribution in [2.75, 3.05) is 20.8 Å². The van der Waals surface area contributed by atoms with E-state index in [1.165, 1.54) is 32.4 Å². The van der Waals surface area contributed by atoms with Crippen molar-refractivity contribution >= 4 is 16.0 Å². The van der Waals surface area contributed by atoms with Crippen LogP contribution in [0, 0.1) is 0 Å². The van der Waals surface area contributed by atoms with Gasteiger partial charge in [0.05, 0.1) is 19.1 Å². The molecule has 0 saturated carbocycles. The molecule has 130 valence electrons. The average Bonchev–Trinajstić information content (AvgIpc) is 2.53. The van der Waals surface area contributed by atoms with Crippen LogP contribution in [0.1, 0.15) is 19.3 Å². The second-order valence-corrected chi connectivity index (χ2v) is 6.53. The van der Waals surface area contributed by atoms with Crippen molar-refractivity contribution in [3.63, 3.8) is 0 Å². The maximum Gasteiger partial charge on any atom is 0.321 e. The molecule has 0 aromatic heterocycles. The molecule has 0 aliphatic rings. The first kappa shape index (κ1) is 19.2. The van der Waals surface area contributed by atoms with Crippen molar-refractivity contribution in [3.8, 4) is 11.5 Å². The summed E-state index contributed by atoms with van der Waals surface area (Å²) < 4.78 is 37.0. The predicted octanol–water partition coefficient (Wildman–Crippen LogP) is 0.564. The molecule has 0 saturated heterocycles. The van der Waals surface area contributed by atoms with Crippen LogP contribution in [0.5, 0.6) is 11.5 Å². The van der Waals surface area contributed by atoms with Crippen molar-refractivity contribution in [3.05, 3.63) is 18.2 Å². The lowest BCUT2D eigenvalue weighted by atomic mass is 10.1. The molecule has 0 amide bonds. The highest BCUT2D eigenvalue weighted by molar-refractivity contribution is 7.89. The van der Waals surface area contributed by atoms with Crippen LogP contribution in [0.3, 0.4) is 0 Å². The van der Waals surface area contributed by atoms with Crippen molar-refractivity contribution in [2.45, 2.75) is 30.2 Å². The SMILES string of the molecule is COc1ccc(S(=O)(=O)N[C@@H](CCCCN)C(=O)O)cc1OC. The highest BCUT2D eigenvalue weighted by atomic mass is 32.2. The Kier molecular flexibility index (Phi) is 7.27. The third-order valence-corrected chi connectivity index (χ3v) is 4.68. The maximum absolute atomic E-state index is 12.4. The van der Waals surface area contributed by atoms with Gasteiger partial charge in [-0.25, -0.2) is 8.42 Å². The van der Waals surface area contributed by atoms with E-state index in [1.54, 1.807) is 0 Å². The Bertz CT molecular complexity index is 632. The first-order valence-electron chi connectivity index (χ1n) is 7.03. The van der Waals surface area contributed by atoms with Crippen molar-refractivity contribution in [1.82, 2.24) is 4.72 Å². The van der Waals surface area contributed by atoms with Crippen LogP contribution in [0.4, 0.5) is 0 Å². The quantitative estimate of drug-likeness (QED) is 0.528. The molecule has 1 aromatic rings. The third-order valence-electron chi connectivity index (χ3n) is 3.21. The Morgan fingerprint density at radius 2 is 1.91 bits per heavy atom. The number of unbranched alkanes of at least 4 members (excludes halogenated alkanes) is 1. The van der Waals surface area contributed by atoms with Gasteiger partial charge in [0.2, 0.25) is 10.0 Å². The zero-order chi connectivity index (χ0) is 17.5. The summed E-state index contributed by atoms with van der Waals surface area (Å²) in [6.07, 6.45) is 1.31. The normalized spacial score (nSPS) is 12.7. The van der Waals surface area contributed by atoms with Crippen LogP contribution in [0.15, 0.2) is 23.1 Å². The molecule has 1 aromatic carbocycles. The Morgan fingerprint density at radius 3 is 2.43 bits per heavy atom. The smallest absolute Gasteiger partial charge is 0.321 e. The Balaban J connectivity index is 2.98. The van der Waals surface area contributed by atoms with Gasteiger partial charge in [-0.1, -0.05) is 6.42 Å². The van der Waals surface area contributed by atoms with Gasteiger partial charge in [0, 0.05) is 6.07 Å². The van der Waals surface area contributed by atoms with Crippen molar-refractivity contribution < 1.29 is 27.8 Å². The number of methoxy groups -OCH3 is 2. The molecule has 0 bridgehead atoms. The minimum atomic E-state index is -4.00. The van der Waals surface area contributed by atoms with E-state index in [0.717, 1.165) is 0 Å². The summed E-state index contributed by atoms with van der Waals surface area (Å²) in [5.41, 5.74) is 5.36. The topological polar surface area (TPSA) is 128 Å². The molecular formula is C14H22N2O6S. The molecule has 0 aliphatic carbocycles. The number of ether oxygens (including phenoxy) is 2. The Morgan fingerprint density at radius 1 is 1.26 bits per heavy atom. The van der Waals surface area contributed by atoms with Gasteiger partial charge in [-0.3, -0.25) is 4.79 Å². The van der Waals surface area contributed by atoms with Crippen LogP contribution >= 0.6 is 0 Å². The molecule has 0 aliphatic heterocycles. The molecule has 4 N–H and O–H groups in total. The van der Waals surface area contributed by atoms with E-state index in [9.17, 15) is 13.2 Å². The van der Waals surface area contributed by atoms with E-state index < -0.39 is 22.0 Å². The third kappa shape index (κ3) is 5.38. The molecule has 8 nitrogen and oxygen atoms in total. The number of carbonyl (C=O) groups is 1. The zero-order valence-electron chi connectivity index (χ0n) is 13.1. The van der Waals surface area contributed by atoms with Gasteiger partial charge in [0.15, 0.2) is 11.5 Å². The van der Waals surface area contributed by atoms with Crippen molar-refractivity contribution in [1.29, 1.82) is 0 Å². The zero-order valence-corrected chi connectivity index (χ0v) is 13.9. The molecule has 9 heteroatoms. The van der Waals surface area contributed by atoms with Gasteiger partial charge in [0.1, 0.15) is 6.04 Å². The fourth-order valence-electron chi connectivity index (χ4n) is 1.96. The molecular weight excluding hydrogens is 324 g/mol. The molecule has 0 heterocycles. The number of carboxylic acids is 1. The van der Waals surface area contributed by atoms with Gasteiger partial charge in [-0.05, 0) is 31.5 Å². The molecule has 1 rings (SSSR count). The number of carboxylic acid groups (broad SMARTS) is 1. The van der Waals surface area contributed by atoms with E-state index in [0.29, 0.717) is 25.1 Å². The Labute approximate surface area is 135 Å². The van der Waals surface area contributed by atoms with Gasteiger partial charge in [0.25, 0.3) is 0 Å². The summed E-state index contributed by atoms with van der Waals surface area (Å²) in [6, 6.07) is 2.83. The van der Waals surface area contributed by atoms with Gasteiger partial charge in [-0.2, -0.15) is 4.72 Å². The lowest BCUT2D eigenvalue weighted by Crippen LogP contribution is -2.40. The molecule has 0 fully saturated rings. The fraction of sp³-hybridized carbons (Fsp3) is 0.500. The van der Waals surface area contributed by atoms with E-state index >= 15 is 0 Å². The summed E-state index contributed by atoms with van der Waals surface area (Å²) in [7, 11) is -1.18. The highest BCUT2D eigenvalue weighted by Gasteiger charge is 2.25. The van der Waals surface area contributed by atoms with Crippen LogP contribution in [0.25, 0.3) is 0 Å². The predicted molar refractivity (Wildman–Crippen MR) is 84.2 cm³/mol. The highest BCUT2D eigenvalue weighted by Crippen LogP contribution is 2.29. The number of aliphatic carboxylic acids is 1. The number of rotatable bonds is 10. The largest absolute Gasteiger partial charge is 0.493 e. The van der Waals surface area contributed by atoms with Gasteiger partial charge >= 0.3 is 5.97 Å². The maximum atomic E-state index is 12.4. The monoisotopic (exact) mass is 346 g/mol. The van der Waals surface area contributed by atoms with E-state index in [2.05, 4.69) is 4.72 Å². The summed E-state index contributed by atoms with van der Waals surface area (Å²) in [6.45, 7) is 0.425. The number of benzene rings is 1. The van der Waals surface area contributed by atoms with Crippen LogP contribution in [-0.4, -0.2) is 46.3 Å². The van der Waals surface area contributed by atoms with E-state index in [4.69, 9.17) is 20.3 Å². The first-order chi connectivity index (χ1) is 10.9. The van der Waals surface area contributed by atoms with Gasteiger partial charge in [-0.15, -0.1) is 0 Å². The fourth-order valence-corrected chi connectivity index (χ4v) is 3.20. The lowest BCUT2D eigenvalue weighted by molar-refractivity contribution is -0.139. The Hall–Kier alpha value is -1.84. The molecule has 0 unspecified atom stereocenters. The number of hydrogen-bond acceptors (Lipinski definition) is 6. The number of nitrogens with two attached hydrogens (primary N) is 1. The van der Waals surface area contributed by atoms with E-state index in [-0.39, 0.29) is 17.1 Å². The number of hydrogen-bond donors (Lipinski definition) is 3. The minimum Gasteiger partial charge on any atom is -0.493 e. The summed E-state index contributed by atoms with van der Waals surface area (Å²) in [4.78, 5) is 11.1. The van der Waals surface area contributed by atoms with Gasteiger partial charge < -0.3 is 20.3 Å². The average molecular weight is 346 g/mol. The minimum absolute atomic E-state index is 0.0970. The van der Waals surface area contributed by atoms with Crippen molar-refractivity contribution in [2.24, 2.45) is 5.73 Å². The molecule has 0 spiro atoms. The molecule has 1 atom stereocenters. The standard InChI is InChI=1S/C14H22N2O6S/c1-21-12-7-6-10(9-13(12)22-2)23(19,20)16-11(14(17)18)5-3-4-8-15/h6-7,9,11,16H,3-5,8,15H2,1-2H3,(H,17,18)/t11-/m0/s1. The first-order valence-corrected chi connectivity index (χ1v) is 8.51. The molecule has 0 radical (unpaired) electrons. The number of sulfonamides is 1. The van der Waals surface area contributed by atoms with E-state index in [1.807, 2.05) is 0 Å². The molecule has 23 heavy (non-hydrogen) atoms.